The van der Waals surface area contributed by atoms with Crippen LogP contribution in [0.25, 0.3) is 0 Å². The van der Waals surface area contributed by atoms with Gasteiger partial charge in [-0.2, -0.15) is 0 Å². The molecule has 0 atom stereocenters. The standard InChI is InChI=1S/C13H16/c1-3-6-12-8-5-9-13(7-4-2)11-10-12/h3-8,10-11H,9H2,1-2H3. The summed E-state index contributed by atoms with van der Waals surface area (Å²) < 4.78 is 0. The molecule has 1 aliphatic rings. The van der Waals surface area contributed by atoms with Crippen molar-refractivity contribution in [3.63, 3.8) is 0 Å². The fourth-order valence-electron chi connectivity index (χ4n) is 1.30. The second kappa shape index (κ2) is 5.36. The van der Waals surface area contributed by atoms with Gasteiger partial charge in [0.2, 0.25) is 0 Å². The van der Waals surface area contributed by atoms with E-state index in [1.165, 1.54) is 11.1 Å². The summed E-state index contributed by atoms with van der Waals surface area (Å²) in [6, 6.07) is 0. The van der Waals surface area contributed by atoms with Crippen LogP contribution in [-0.2, 0) is 0 Å². The number of rotatable bonds is 2. The second-order valence-corrected chi connectivity index (χ2v) is 3.01. The fourth-order valence-corrected chi connectivity index (χ4v) is 1.30. The highest BCUT2D eigenvalue weighted by molar-refractivity contribution is 5.40. The Labute approximate surface area is 80.7 Å². The van der Waals surface area contributed by atoms with Crippen molar-refractivity contribution < 1.29 is 0 Å². The molecule has 0 nitrogen and oxygen atoms in total. The smallest absolute Gasteiger partial charge is 0.00942 e. The molecule has 0 fully saturated rings. The summed E-state index contributed by atoms with van der Waals surface area (Å²) in [5, 5.41) is 0. The molecule has 0 unspecified atom stereocenters. The molecule has 0 radical (unpaired) electrons. The minimum Gasteiger partial charge on any atom is -0.0874 e. The van der Waals surface area contributed by atoms with Crippen molar-refractivity contribution in [2.45, 2.75) is 20.3 Å². The summed E-state index contributed by atoms with van der Waals surface area (Å²) in [7, 11) is 0. The van der Waals surface area contributed by atoms with Crippen LogP contribution in [0.5, 0.6) is 0 Å². The lowest BCUT2D eigenvalue weighted by Crippen LogP contribution is -1.71. The Balaban J connectivity index is 2.82. The first-order valence-corrected chi connectivity index (χ1v) is 4.69. The van der Waals surface area contributed by atoms with Crippen LogP contribution in [-0.4, -0.2) is 0 Å². The van der Waals surface area contributed by atoms with E-state index in [-0.39, 0.29) is 0 Å². The monoisotopic (exact) mass is 172 g/mol. The van der Waals surface area contributed by atoms with Crippen molar-refractivity contribution >= 4 is 0 Å². The van der Waals surface area contributed by atoms with E-state index in [0.717, 1.165) is 6.42 Å². The van der Waals surface area contributed by atoms with Gasteiger partial charge in [-0.05, 0) is 31.4 Å². The number of allylic oxidation sites excluding steroid dienone is 10. The summed E-state index contributed by atoms with van der Waals surface area (Å²) in [5.41, 5.74) is 2.63. The average Bonchev–Trinajstić information content (AvgIpc) is 2.33. The van der Waals surface area contributed by atoms with Gasteiger partial charge in [0.15, 0.2) is 0 Å². The van der Waals surface area contributed by atoms with E-state index >= 15 is 0 Å². The van der Waals surface area contributed by atoms with Crippen LogP contribution in [0.4, 0.5) is 0 Å². The zero-order valence-corrected chi connectivity index (χ0v) is 8.33. The van der Waals surface area contributed by atoms with Gasteiger partial charge in [-0.15, -0.1) is 0 Å². The van der Waals surface area contributed by atoms with E-state index in [4.69, 9.17) is 0 Å². The number of hydrogen-bond donors (Lipinski definition) is 0. The first-order chi connectivity index (χ1) is 6.36. The average molecular weight is 172 g/mol. The molecule has 0 heteroatoms. The van der Waals surface area contributed by atoms with E-state index in [9.17, 15) is 0 Å². The highest BCUT2D eigenvalue weighted by atomic mass is 14.0. The van der Waals surface area contributed by atoms with Crippen molar-refractivity contribution in [3.05, 3.63) is 59.8 Å². The summed E-state index contributed by atoms with van der Waals surface area (Å²) in [6.07, 6.45) is 18.1. The lowest BCUT2D eigenvalue weighted by molar-refractivity contribution is 1.29. The summed E-state index contributed by atoms with van der Waals surface area (Å²) >= 11 is 0. The van der Waals surface area contributed by atoms with E-state index in [1.54, 1.807) is 0 Å². The Bertz CT molecular complexity index is 296. The van der Waals surface area contributed by atoms with Gasteiger partial charge in [0.25, 0.3) is 0 Å². The van der Waals surface area contributed by atoms with E-state index < -0.39 is 0 Å². The van der Waals surface area contributed by atoms with Crippen molar-refractivity contribution in [1.29, 1.82) is 0 Å². The molecular weight excluding hydrogens is 156 g/mol. The third kappa shape index (κ3) is 3.29. The third-order valence-corrected chi connectivity index (χ3v) is 1.89. The topological polar surface area (TPSA) is 0 Å². The van der Waals surface area contributed by atoms with Gasteiger partial charge in [0.05, 0.1) is 0 Å². The minimum absolute atomic E-state index is 1.03. The molecule has 0 N–H and O–H groups in total. The Kier molecular flexibility index (Phi) is 4.04. The molecule has 0 saturated carbocycles. The van der Waals surface area contributed by atoms with E-state index in [2.05, 4.69) is 48.6 Å². The van der Waals surface area contributed by atoms with Crippen LogP contribution < -0.4 is 0 Å². The Morgan fingerprint density at radius 3 is 2.54 bits per heavy atom. The molecule has 0 aromatic heterocycles. The lowest BCUT2D eigenvalue weighted by Gasteiger charge is -1.91. The van der Waals surface area contributed by atoms with Crippen LogP contribution in [0.1, 0.15) is 20.3 Å². The first kappa shape index (κ1) is 9.79. The predicted molar refractivity (Wildman–Crippen MR) is 59.6 cm³/mol. The van der Waals surface area contributed by atoms with Gasteiger partial charge in [-0.25, -0.2) is 0 Å². The summed E-state index contributed by atoms with van der Waals surface area (Å²) in [4.78, 5) is 0. The van der Waals surface area contributed by atoms with E-state index in [1.807, 2.05) is 13.8 Å². The van der Waals surface area contributed by atoms with Crippen LogP contribution in [0, 0.1) is 0 Å². The zero-order valence-electron chi connectivity index (χ0n) is 8.33. The van der Waals surface area contributed by atoms with Crippen molar-refractivity contribution in [3.8, 4) is 0 Å². The highest BCUT2D eigenvalue weighted by Gasteiger charge is 1.92. The summed E-state index contributed by atoms with van der Waals surface area (Å²) in [5.74, 6) is 0. The molecule has 0 bridgehead atoms. The van der Waals surface area contributed by atoms with Crippen LogP contribution in [0.3, 0.4) is 0 Å². The lowest BCUT2D eigenvalue weighted by atomic mass is 10.2. The normalized spacial score (nSPS) is 17.7. The predicted octanol–water partition coefficient (Wildman–Crippen LogP) is 3.95. The molecular formula is C13H16. The first-order valence-electron chi connectivity index (χ1n) is 4.69. The zero-order chi connectivity index (χ0) is 9.52. The molecule has 68 valence electrons. The van der Waals surface area contributed by atoms with E-state index in [0.29, 0.717) is 0 Å². The van der Waals surface area contributed by atoms with Crippen LogP contribution in [0.15, 0.2) is 59.8 Å². The summed E-state index contributed by atoms with van der Waals surface area (Å²) in [6.45, 7) is 4.09. The fraction of sp³-hybridized carbons (Fsp3) is 0.231. The molecule has 0 spiro atoms. The molecule has 1 rings (SSSR count). The Morgan fingerprint density at radius 2 is 1.85 bits per heavy atom. The van der Waals surface area contributed by atoms with Crippen molar-refractivity contribution in [2.24, 2.45) is 0 Å². The molecule has 0 amide bonds. The molecule has 0 aromatic carbocycles. The van der Waals surface area contributed by atoms with Gasteiger partial charge in [0, 0.05) is 0 Å². The maximum atomic E-state index is 2.20. The SMILES string of the molecule is CC=CC1=CC=C(C=CC)CC=C1. The van der Waals surface area contributed by atoms with Crippen LogP contribution >= 0.6 is 0 Å². The largest absolute Gasteiger partial charge is 0.0874 e. The van der Waals surface area contributed by atoms with Gasteiger partial charge >= 0.3 is 0 Å². The van der Waals surface area contributed by atoms with Crippen molar-refractivity contribution in [1.82, 2.24) is 0 Å². The Morgan fingerprint density at radius 1 is 1.08 bits per heavy atom. The molecule has 0 saturated heterocycles. The van der Waals surface area contributed by atoms with Crippen LogP contribution in [0.2, 0.25) is 0 Å². The molecule has 0 aliphatic heterocycles. The minimum atomic E-state index is 1.03. The molecule has 0 heterocycles. The van der Waals surface area contributed by atoms with Gasteiger partial charge in [-0.1, -0.05) is 48.6 Å². The molecule has 0 aromatic rings. The quantitative estimate of drug-likeness (QED) is 0.591. The highest BCUT2D eigenvalue weighted by Crippen LogP contribution is 2.12. The van der Waals surface area contributed by atoms with Crippen molar-refractivity contribution in [2.75, 3.05) is 0 Å². The third-order valence-electron chi connectivity index (χ3n) is 1.89. The second-order valence-electron chi connectivity index (χ2n) is 3.01. The molecule has 1 aliphatic carbocycles. The Hall–Kier alpha value is -1.30. The number of hydrogen-bond acceptors (Lipinski definition) is 0. The van der Waals surface area contributed by atoms with Gasteiger partial charge < -0.3 is 0 Å². The van der Waals surface area contributed by atoms with Gasteiger partial charge in [0.1, 0.15) is 0 Å². The maximum absolute atomic E-state index is 2.20. The molecule has 13 heavy (non-hydrogen) atoms. The van der Waals surface area contributed by atoms with Gasteiger partial charge in [-0.3, -0.25) is 0 Å². The maximum Gasteiger partial charge on any atom is -0.00942 e.